The summed E-state index contributed by atoms with van der Waals surface area (Å²) in [4.78, 5) is 4.07. The number of halogens is 1. The van der Waals surface area contributed by atoms with Gasteiger partial charge >= 0.3 is 0 Å². The quantitative estimate of drug-likeness (QED) is 0.838. The summed E-state index contributed by atoms with van der Waals surface area (Å²) >= 11 is 3.30. The summed E-state index contributed by atoms with van der Waals surface area (Å²) in [6, 6.07) is 14.7. The molecule has 3 nitrogen and oxygen atoms in total. The summed E-state index contributed by atoms with van der Waals surface area (Å²) in [5.41, 5.74) is 2.71. The first kappa shape index (κ1) is 14.5. The lowest BCUT2D eigenvalue weighted by Gasteiger charge is -2.16. The monoisotopic (exact) mass is 329 g/mol. The lowest BCUT2D eigenvalue weighted by atomic mass is 10.1. The first-order valence-electron chi connectivity index (χ1n) is 6.55. The molecule has 0 fully saturated rings. The Morgan fingerprint density at radius 2 is 2.05 bits per heavy atom. The SMILES string of the molecule is CC(CCc1ccccc1)Nc1ccnc(Br)c1C#N. The predicted octanol–water partition coefficient (Wildman–Crippen LogP) is 4.15. The average Bonchev–Trinajstić information content (AvgIpc) is 2.46. The third-order valence-electron chi connectivity index (χ3n) is 3.13. The van der Waals surface area contributed by atoms with Gasteiger partial charge in [0.25, 0.3) is 0 Å². The third-order valence-corrected chi connectivity index (χ3v) is 3.73. The topological polar surface area (TPSA) is 48.7 Å². The zero-order valence-electron chi connectivity index (χ0n) is 11.3. The number of pyridine rings is 1. The van der Waals surface area contributed by atoms with Crippen LogP contribution < -0.4 is 5.32 Å². The number of rotatable bonds is 5. The van der Waals surface area contributed by atoms with Crippen LogP contribution in [-0.2, 0) is 6.42 Å². The van der Waals surface area contributed by atoms with Crippen LogP contribution in [0.3, 0.4) is 0 Å². The second kappa shape index (κ2) is 7.06. The lowest BCUT2D eigenvalue weighted by Crippen LogP contribution is -2.17. The van der Waals surface area contributed by atoms with Crippen molar-refractivity contribution in [1.29, 1.82) is 5.26 Å². The van der Waals surface area contributed by atoms with Crippen LogP contribution in [0, 0.1) is 11.3 Å². The van der Waals surface area contributed by atoms with E-state index in [0.717, 1.165) is 18.5 Å². The van der Waals surface area contributed by atoms with Gasteiger partial charge in [-0.2, -0.15) is 5.26 Å². The Morgan fingerprint density at radius 1 is 1.30 bits per heavy atom. The van der Waals surface area contributed by atoms with Crippen molar-refractivity contribution in [3.63, 3.8) is 0 Å². The van der Waals surface area contributed by atoms with E-state index in [0.29, 0.717) is 10.2 Å². The number of nitrogens with one attached hydrogen (secondary N) is 1. The summed E-state index contributed by atoms with van der Waals surface area (Å²) in [6.45, 7) is 2.12. The average molecular weight is 330 g/mol. The zero-order valence-corrected chi connectivity index (χ0v) is 12.9. The lowest BCUT2D eigenvalue weighted by molar-refractivity contribution is 0.705. The van der Waals surface area contributed by atoms with Crippen molar-refractivity contribution in [3.05, 3.63) is 58.3 Å². The van der Waals surface area contributed by atoms with E-state index in [1.165, 1.54) is 5.56 Å². The molecular weight excluding hydrogens is 314 g/mol. The highest BCUT2D eigenvalue weighted by molar-refractivity contribution is 9.10. The van der Waals surface area contributed by atoms with E-state index in [1.807, 2.05) is 12.1 Å². The molecule has 2 rings (SSSR count). The summed E-state index contributed by atoms with van der Waals surface area (Å²) in [5, 5.41) is 12.5. The maximum Gasteiger partial charge on any atom is 0.125 e. The van der Waals surface area contributed by atoms with Gasteiger partial charge in [0.1, 0.15) is 16.2 Å². The van der Waals surface area contributed by atoms with Gasteiger partial charge in [0.2, 0.25) is 0 Å². The first-order valence-corrected chi connectivity index (χ1v) is 7.35. The van der Waals surface area contributed by atoms with Crippen molar-refractivity contribution < 1.29 is 0 Å². The number of nitrogens with zero attached hydrogens (tertiary/aromatic N) is 2. The van der Waals surface area contributed by atoms with E-state index in [-0.39, 0.29) is 6.04 Å². The van der Waals surface area contributed by atoms with Gasteiger partial charge in [0.15, 0.2) is 0 Å². The van der Waals surface area contributed by atoms with Crippen molar-refractivity contribution in [2.75, 3.05) is 5.32 Å². The highest BCUT2D eigenvalue weighted by Gasteiger charge is 2.09. The van der Waals surface area contributed by atoms with Crippen molar-refractivity contribution in [1.82, 2.24) is 4.98 Å². The molecule has 0 amide bonds. The van der Waals surface area contributed by atoms with E-state index in [9.17, 15) is 0 Å². The number of hydrogen-bond donors (Lipinski definition) is 1. The first-order chi connectivity index (χ1) is 9.70. The number of nitriles is 1. The van der Waals surface area contributed by atoms with Gasteiger partial charge in [-0.15, -0.1) is 0 Å². The van der Waals surface area contributed by atoms with E-state index in [2.05, 4.69) is 63.5 Å². The van der Waals surface area contributed by atoms with Gasteiger partial charge in [0, 0.05) is 12.2 Å². The molecule has 0 aliphatic rings. The fourth-order valence-corrected chi connectivity index (χ4v) is 2.45. The number of aromatic nitrogens is 1. The van der Waals surface area contributed by atoms with Crippen LogP contribution in [0.2, 0.25) is 0 Å². The molecular formula is C16H16BrN3. The highest BCUT2D eigenvalue weighted by Crippen LogP contribution is 2.22. The Labute approximate surface area is 127 Å². The smallest absolute Gasteiger partial charge is 0.125 e. The Hall–Kier alpha value is -1.86. The molecule has 1 aromatic carbocycles. The maximum atomic E-state index is 9.16. The minimum absolute atomic E-state index is 0.289. The Morgan fingerprint density at radius 3 is 2.75 bits per heavy atom. The second-order valence-electron chi connectivity index (χ2n) is 4.71. The van der Waals surface area contributed by atoms with E-state index >= 15 is 0 Å². The van der Waals surface area contributed by atoms with Gasteiger partial charge in [-0.3, -0.25) is 0 Å². The normalized spacial score (nSPS) is 11.7. The minimum atomic E-state index is 0.289. The Kier molecular flexibility index (Phi) is 5.14. The molecule has 1 N–H and O–H groups in total. The molecule has 1 aromatic heterocycles. The van der Waals surface area contributed by atoms with Crippen LogP contribution in [0.25, 0.3) is 0 Å². The third kappa shape index (κ3) is 3.82. The largest absolute Gasteiger partial charge is 0.381 e. The van der Waals surface area contributed by atoms with Crippen LogP contribution in [0.4, 0.5) is 5.69 Å². The van der Waals surface area contributed by atoms with Crippen molar-refractivity contribution in [2.24, 2.45) is 0 Å². The highest BCUT2D eigenvalue weighted by atomic mass is 79.9. The molecule has 20 heavy (non-hydrogen) atoms. The molecule has 0 radical (unpaired) electrons. The van der Waals surface area contributed by atoms with E-state index in [4.69, 9.17) is 5.26 Å². The molecule has 0 saturated carbocycles. The molecule has 0 spiro atoms. The fraction of sp³-hybridized carbons (Fsp3) is 0.250. The summed E-state index contributed by atoms with van der Waals surface area (Å²) < 4.78 is 0.584. The van der Waals surface area contributed by atoms with Crippen molar-refractivity contribution in [2.45, 2.75) is 25.8 Å². The standard InChI is InChI=1S/C16H16BrN3/c1-12(7-8-13-5-3-2-4-6-13)20-15-9-10-19-16(17)14(15)11-18/h2-6,9-10,12H,7-8H2,1H3,(H,19,20). The molecule has 0 aliphatic carbocycles. The van der Waals surface area contributed by atoms with Crippen LogP contribution >= 0.6 is 15.9 Å². The van der Waals surface area contributed by atoms with Crippen LogP contribution in [-0.4, -0.2) is 11.0 Å². The van der Waals surface area contributed by atoms with E-state index in [1.54, 1.807) is 6.20 Å². The molecule has 4 heteroatoms. The number of aryl methyl sites for hydroxylation is 1. The van der Waals surface area contributed by atoms with Crippen LogP contribution in [0.1, 0.15) is 24.5 Å². The van der Waals surface area contributed by atoms with Crippen molar-refractivity contribution >= 4 is 21.6 Å². The molecule has 102 valence electrons. The summed E-state index contributed by atoms with van der Waals surface area (Å²) in [5.74, 6) is 0. The number of benzene rings is 1. The molecule has 0 saturated heterocycles. The summed E-state index contributed by atoms with van der Waals surface area (Å²) in [7, 11) is 0. The summed E-state index contributed by atoms with van der Waals surface area (Å²) in [6.07, 6.45) is 3.72. The Balaban J connectivity index is 1.97. The van der Waals surface area contributed by atoms with Gasteiger partial charge in [-0.05, 0) is 47.3 Å². The van der Waals surface area contributed by atoms with Gasteiger partial charge in [0.05, 0.1) is 5.69 Å². The predicted molar refractivity (Wildman–Crippen MR) is 84.5 cm³/mol. The molecule has 2 aromatic rings. The van der Waals surface area contributed by atoms with Gasteiger partial charge in [-0.1, -0.05) is 30.3 Å². The van der Waals surface area contributed by atoms with Crippen LogP contribution in [0.15, 0.2) is 47.2 Å². The Bertz CT molecular complexity index is 605. The van der Waals surface area contributed by atoms with Gasteiger partial charge < -0.3 is 5.32 Å². The van der Waals surface area contributed by atoms with Gasteiger partial charge in [-0.25, -0.2) is 4.98 Å². The molecule has 1 heterocycles. The zero-order chi connectivity index (χ0) is 14.4. The van der Waals surface area contributed by atoms with Crippen molar-refractivity contribution in [3.8, 4) is 6.07 Å². The number of anilines is 1. The minimum Gasteiger partial charge on any atom is -0.381 e. The number of hydrogen-bond acceptors (Lipinski definition) is 3. The maximum absolute atomic E-state index is 9.16. The van der Waals surface area contributed by atoms with E-state index < -0.39 is 0 Å². The fourth-order valence-electron chi connectivity index (χ4n) is 2.03. The molecule has 1 unspecified atom stereocenters. The molecule has 1 atom stereocenters. The second-order valence-corrected chi connectivity index (χ2v) is 5.46. The molecule has 0 aliphatic heterocycles. The van der Waals surface area contributed by atoms with Crippen LogP contribution in [0.5, 0.6) is 0 Å². The molecule has 0 bridgehead atoms.